The molecule has 6 nitrogen and oxygen atoms in total. The van der Waals surface area contributed by atoms with E-state index >= 15 is 0 Å². The SMILES string of the molecule is CC(C)n1nccc1C(=O)N(CC1CC1)CC1CN(C)CCO1. The molecule has 1 aliphatic carbocycles. The first-order valence-electron chi connectivity index (χ1n) is 8.67. The molecule has 1 unspecified atom stereocenters. The molecular weight excluding hydrogens is 292 g/mol. The first-order chi connectivity index (χ1) is 11.0. The smallest absolute Gasteiger partial charge is 0.272 e. The van der Waals surface area contributed by atoms with Crippen LogP contribution in [0.25, 0.3) is 0 Å². The number of rotatable bonds is 6. The van der Waals surface area contributed by atoms with Crippen molar-refractivity contribution in [3.8, 4) is 0 Å². The number of hydrogen-bond donors (Lipinski definition) is 0. The van der Waals surface area contributed by atoms with E-state index in [1.165, 1.54) is 12.8 Å². The lowest BCUT2D eigenvalue weighted by Crippen LogP contribution is -2.48. The van der Waals surface area contributed by atoms with Crippen LogP contribution in [0.5, 0.6) is 0 Å². The predicted octanol–water partition coefficient (Wildman–Crippen LogP) is 1.65. The summed E-state index contributed by atoms with van der Waals surface area (Å²) in [6.07, 6.45) is 4.29. The summed E-state index contributed by atoms with van der Waals surface area (Å²) in [5.41, 5.74) is 0.685. The molecule has 1 saturated heterocycles. The average molecular weight is 320 g/mol. The number of carbonyl (C=O) groups is 1. The summed E-state index contributed by atoms with van der Waals surface area (Å²) in [5, 5.41) is 4.30. The number of carbonyl (C=O) groups excluding carboxylic acids is 1. The standard InChI is InChI=1S/C17H28N4O2/c1-13(2)21-16(6-7-18-21)17(22)20(10-14-4-5-14)12-15-11-19(3)8-9-23-15/h6-7,13-15H,4-5,8-12H2,1-3H3. The van der Waals surface area contributed by atoms with Crippen molar-refractivity contribution in [1.29, 1.82) is 0 Å². The van der Waals surface area contributed by atoms with Crippen molar-refractivity contribution in [2.75, 3.05) is 39.8 Å². The normalized spacial score (nSPS) is 22.5. The quantitative estimate of drug-likeness (QED) is 0.800. The second kappa shape index (κ2) is 7.01. The number of amides is 1. The van der Waals surface area contributed by atoms with E-state index in [2.05, 4.69) is 17.0 Å². The maximum atomic E-state index is 13.0. The fourth-order valence-corrected chi connectivity index (χ4v) is 3.13. The zero-order valence-electron chi connectivity index (χ0n) is 14.4. The van der Waals surface area contributed by atoms with E-state index in [1.54, 1.807) is 6.20 Å². The van der Waals surface area contributed by atoms with Gasteiger partial charge in [0.2, 0.25) is 0 Å². The number of likely N-dealkylation sites (N-methyl/N-ethyl adjacent to an activating group) is 1. The van der Waals surface area contributed by atoms with Gasteiger partial charge in [-0.05, 0) is 45.7 Å². The molecule has 1 aliphatic heterocycles. The van der Waals surface area contributed by atoms with E-state index < -0.39 is 0 Å². The summed E-state index contributed by atoms with van der Waals surface area (Å²) in [6.45, 7) is 8.21. The Morgan fingerprint density at radius 2 is 2.22 bits per heavy atom. The molecule has 23 heavy (non-hydrogen) atoms. The van der Waals surface area contributed by atoms with Crippen LogP contribution in [-0.2, 0) is 4.74 Å². The molecule has 2 fully saturated rings. The van der Waals surface area contributed by atoms with Gasteiger partial charge in [-0.15, -0.1) is 0 Å². The van der Waals surface area contributed by atoms with Crippen LogP contribution in [0, 0.1) is 5.92 Å². The van der Waals surface area contributed by atoms with Crippen molar-refractivity contribution < 1.29 is 9.53 Å². The minimum Gasteiger partial charge on any atom is -0.374 e. The molecule has 6 heteroatoms. The highest BCUT2D eigenvalue weighted by Crippen LogP contribution is 2.30. The van der Waals surface area contributed by atoms with Crippen molar-refractivity contribution in [3.05, 3.63) is 18.0 Å². The third kappa shape index (κ3) is 4.12. The van der Waals surface area contributed by atoms with Crippen LogP contribution in [0.3, 0.4) is 0 Å². The number of nitrogens with zero attached hydrogens (tertiary/aromatic N) is 4. The summed E-state index contributed by atoms with van der Waals surface area (Å²) in [5.74, 6) is 0.746. The van der Waals surface area contributed by atoms with E-state index in [-0.39, 0.29) is 18.1 Å². The van der Waals surface area contributed by atoms with Gasteiger partial charge < -0.3 is 14.5 Å². The molecule has 1 aromatic rings. The maximum Gasteiger partial charge on any atom is 0.272 e. The molecule has 3 rings (SSSR count). The Labute approximate surface area is 138 Å². The lowest BCUT2D eigenvalue weighted by molar-refractivity contribution is -0.0333. The van der Waals surface area contributed by atoms with Gasteiger partial charge in [-0.3, -0.25) is 9.48 Å². The van der Waals surface area contributed by atoms with Gasteiger partial charge in [-0.2, -0.15) is 5.10 Å². The Bertz CT molecular complexity index is 538. The molecule has 0 spiro atoms. The highest BCUT2D eigenvalue weighted by molar-refractivity contribution is 5.92. The van der Waals surface area contributed by atoms with Crippen molar-refractivity contribution in [2.45, 2.75) is 38.8 Å². The van der Waals surface area contributed by atoms with E-state index in [1.807, 2.05) is 29.5 Å². The molecule has 128 valence electrons. The lowest BCUT2D eigenvalue weighted by atomic mass is 10.2. The van der Waals surface area contributed by atoms with Gasteiger partial charge in [0.25, 0.3) is 5.91 Å². The van der Waals surface area contributed by atoms with Gasteiger partial charge in [-0.25, -0.2) is 0 Å². The predicted molar refractivity (Wildman–Crippen MR) is 88.5 cm³/mol. The van der Waals surface area contributed by atoms with Crippen molar-refractivity contribution in [1.82, 2.24) is 19.6 Å². The Hall–Kier alpha value is -1.40. The minimum absolute atomic E-state index is 0.0833. The van der Waals surface area contributed by atoms with Crippen LogP contribution >= 0.6 is 0 Å². The monoisotopic (exact) mass is 320 g/mol. The van der Waals surface area contributed by atoms with Crippen LogP contribution in [0.1, 0.15) is 43.2 Å². The topological polar surface area (TPSA) is 50.6 Å². The zero-order chi connectivity index (χ0) is 16.4. The largest absolute Gasteiger partial charge is 0.374 e. The number of morpholine rings is 1. The Morgan fingerprint density at radius 1 is 1.43 bits per heavy atom. The molecule has 2 aliphatic rings. The number of ether oxygens (including phenoxy) is 1. The molecule has 0 radical (unpaired) electrons. The molecule has 0 N–H and O–H groups in total. The van der Waals surface area contributed by atoms with E-state index in [0.29, 0.717) is 18.2 Å². The lowest BCUT2D eigenvalue weighted by Gasteiger charge is -2.34. The summed E-state index contributed by atoms with van der Waals surface area (Å²) in [4.78, 5) is 17.3. The van der Waals surface area contributed by atoms with Gasteiger partial charge in [0, 0.05) is 38.4 Å². The van der Waals surface area contributed by atoms with E-state index in [0.717, 1.165) is 26.2 Å². The van der Waals surface area contributed by atoms with Gasteiger partial charge >= 0.3 is 0 Å². The molecule has 1 atom stereocenters. The molecule has 1 aromatic heterocycles. The van der Waals surface area contributed by atoms with Gasteiger partial charge in [0.15, 0.2) is 0 Å². The Balaban J connectivity index is 1.72. The molecule has 0 bridgehead atoms. The van der Waals surface area contributed by atoms with Crippen LogP contribution in [0.4, 0.5) is 0 Å². The molecule has 1 saturated carbocycles. The van der Waals surface area contributed by atoms with E-state index in [9.17, 15) is 4.79 Å². The number of aromatic nitrogens is 2. The van der Waals surface area contributed by atoms with Crippen molar-refractivity contribution in [3.63, 3.8) is 0 Å². The van der Waals surface area contributed by atoms with Gasteiger partial charge in [-0.1, -0.05) is 0 Å². The molecule has 0 aromatic carbocycles. The summed E-state index contributed by atoms with van der Waals surface area (Å²) < 4.78 is 7.68. The van der Waals surface area contributed by atoms with Crippen LogP contribution < -0.4 is 0 Å². The Morgan fingerprint density at radius 3 is 2.87 bits per heavy atom. The fourth-order valence-electron chi connectivity index (χ4n) is 3.13. The van der Waals surface area contributed by atoms with E-state index in [4.69, 9.17) is 4.74 Å². The second-order valence-electron chi connectivity index (χ2n) is 7.16. The fraction of sp³-hybridized carbons (Fsp3) is 0.765. The van der Waals surface area contributed by atoms with Crippen molar-refractivity contribution in [2.24, 2.45) is 5.92 Å². The summed E-state index contributed by atoms with van der Waals surface area (Å²) >= 11 is 0. The zero-order valence-corrected chi connectivity index (χ0v) is 14.4. The van der Waals surface area contributed by atoms with Gasteiger partial charge in [0.05, 0.1) is 12.7 Å². The first kappa shape index (κ1) is 16.5. The highest BCUT2D eigenvalue weighted by atomic mass is 16.5. The Kier molecular flexibility index (Phi) is 5.02. The molecule has 1 amide bonds. The third-order valence-electron chi connectivity index (χ3n) is 4.61. The highest BCUT2D eigenvalue weighted by Gasteiger charge is 2.31. The second-order valence-corrected chi connectivity index (χ2v) is 7.16. The third-order valence-corrected chi connectivity index (χ3v) is 4.61. The maximum absolute atomic E-state index is 13.0. The van der Waals surface area contributed by atoms with Crippen molar-refractivity contribution >= 4 is 5.91 Å². The minimum atomic E-state index is 0.0833. The average Bonchev–Trinajstić information content (AvgIpc) is 3.18. The molecular formula is C17H28N4O2. The van der Waals surface area contributed by atoms with Crippen LogP contribution in [0.2, 0.25) is 0 Å². The summed E-state index contributed by atoms with van der Waals surface area (Å²) in [7, 11) is 2.11. The number of hydrogen-bond acceptors (Lipinski definition) is 4. The van der Waals surface area contributed by atoms with Gasteiger partial charge in [0.1, 0.15) is 5.69 Å². The molecule has 2 heterocycles. The first-order valence-corrected chi connectivity index (χ1v) is 8.67. The van der Waals surface area contributed by atoms with Crippen LogP contribution in [0.15, 0.2) is 12.3 Å². The summed E-state index contributed by atoms with van der Waals surface area (Å²) in [6, 6.07) is 2.01. The van der Waals surface area contributed by atoms with Crippen LogP contribution in [-0.4, -0.2) is 71.4 Å².